The summed E-state index contributed by atoms with van der Waals surface area (Å²) < 4.78 is 0. The van der Waals surface area contributed by atoms with Crippen molar-refractivity contribution in [2.75, 3.05) is 0 Å². The normalized spacial score (nSPS) is 43.1. The third-order valence-electron chi connectivity index (χ3n) is 3.05. The molecule has 5 heterocycles. The second kappa shape index (κ2) is 2.47. The van der Waals surface area contributed by atoms with Crippen molar-refractivity contribution in [2.24, 2.45) is 11.8 Å². The van der Waals surface area contributed by atoms with Gasteiger partial charge in [0.15, 0.2) is 0 Å². The standard InChI is InChI=1S/C10H10N2O2/c13-9-5-1-3-7(11-9)6-2-4-8(5)12-10(6)14/h1-8H,(H,11,13)(H,12,14)/t5-,6-,7-,8-/m0/s1. The molecule has 0 unspecified atom stereocenters. The molecule has 1 aliphatic carbocycles. The number of hydrogen-bond acceptors (Lipinski definition) is 2. The van der Waals surface area contributed by atoms with Crippen LogP contribution in [0.5, 0.6) is 0 Å². The summed E-state index contributed by atoms with van der Waals surface area (Å²) in [6.45, 7) is 0. The van der Waals surface area contributed by atoms with E-state index in [9.17, 15) is 9.59 Å². The van der Waals surface area contributed by atoms with Gasteiger partial charge in [-0.3, -0.25) is 9.59 Å². The summed E-state index contributed by atoms with van der Waals surface area (Å²) in [5.74, 6) is -0.464. The number of carbonyl (C=O) groups is 2. The number of amides is 2. The molecule has 0 radical (unpaired) electrons. The fourth-order valence-electron chi connectivity index (χ4n) is 2.26. The molecular weight excluding hydrogens is 180 g/mol. The number of rotatable bonds is 0. The van der Waals surface area contributed by atoms with Crippen molar-refractivity contribution >= 4 is 11.8 Å². The minimum atomic E-state index is -0.243. The minimum Gasteiger partial charge on any atom is -0.348 e. The zero-order chi connectivity index (χ0) is 9.71. The van der Waals surface area contributed by atoms with Crippen LogP contribution in [0.1, 0.15) is 0 Å². The van der Waals surface area contributed by atoms with Crippen molar-refractivity contribution in [2.45, 2.75) is 12.1 Å². The number of hydrogen-bond donors (Lipinski definition) is 2. The van der Waals surface area contributed by atoms with Crippen LogP contribution in [0.4, 0.5) is 0 Å². The monoisotopic (exact) mass is 190 g/mol. The molecule has 14 heavy (non-hydrogen) atoms. The molecule has 5 aliphatic heterocycles. The molecule has 0 aromatic rings. The van der Waals surface area contributed by atoms with Crippen LogP contribution in [0.3, 0.4) is 0 Å². The highest BCUT2D eigenvalue weighted by molar-refractivity contribution is 5.91. The molecule has 72 valence electrons. The minimum absolute atomic E-state index is 0.0110. The lowest BCUT2D eigenvalue weighted by Crippen LogP contribution is -2.60. The highest BCUT2D eigenvalue weighted by Gasteiger charge is 2.41. The van der Waals surface area contributed by atoms with Crippen molar-refractivity contribution in [3.05, 3.63) is 24.3 Å². The first-order chi connectivity index (χ1) is 6.75. The topological polar surface area (TPSA) is 58.2 Å². The molecule has 2 N–H and O–H groups in total. The molecule has 4 bridgehead atoms. The maximum absolute atomic E-state index is 11.6. The number of nitrogens with one attached hydrogen (secondary N) is 2. The molecule has 6 rings (SSSR count). The van der Waals surface area contributed by atoms with E-state index < -0.39 is 0 Å². The van der Waals surface area contributed by atoms with Crippen LogP contribution in [0.25, 0.3) is 0 Å². The Labute approximate surface area is 81.0 Å². The van der Waals surface area contributed by atoms with Gasteiger partial charge in [0.1, 0.15) is 0 Å². The van der Waals surface area contributed by atoms with Crippen LogP contribution < -0.4 is 10.6 Å². The smallest absolute Gasteiger partial charge is 0.229 e. The van der Waals surface area contributed by atoms with Crippen molar-refractivity contribution in [3.8, 4) is 0 Å². The van der Waals surface area contributed by atoms with E-state index in [-0.39, 0.29) is 35.7 Å². The zero-order valence-electron chi connectivity index (χ0n) is 7.44. The first kappa shape index (κ1) is 7.79. The molecule has 6 aliphatic rings. The van der Waals surface area contributed by atoms with Gasteiger partial charge in [-0.1, -0.05) is 24.3 Å². The third-order valence-corrected chi connectivity index (χ3v) is 3.05. The van der Waals surface area contributed by atoms with E-state index in [0.29, 0.717) is 0 Å². The summed E-state index contributed by atoms with van der Waals surface area (Å²) in [4.78, 5) is 23.2. The van der Waals surface area contributed by atoms with E-state index in [4.69, 9.17) is 0 Å². The second-order valence-corrected chi connectivity index (χ2v) is 3.89. The summed E-state index contributed by atoms with van der Waals surface area (Å²) >= 11 is 0. The Bertz CT molecular complexity index is 336. The van der Waals surface area contributed by atoms with E-state index >= 15 is 0 Å². The Balaban J connectivity index is 2.12. The van der Waals surface area contributed by atoms with E-state index in [1.807, 2.05) is 24.3 Å². The summed E-state index contributed by atoms with van der Waals surface area (Å²) in [5.41, 5.74) is 0. The molecule has 0 aromatic carbocycles. The Kier molecular flexibility index (Phi) is 1.37. The van der Waals surface area contributed by atoms with Gasteiger partial charge < -0.3 is 10.6 Å². The van der Waals surface area contributed by atoms with Gasteiger partial charge in [0.2, 0.25) is 11.8 Å². The summed E-state index contributed by atoms with van der Waals surface area (Å²) in [6, 6.07) is -0.340. The first-order valence-corrected chi connectivity index (χ1v) is 4.73. The lowest BCUT2D eigenvalue weighted by Gasteiger charge is -2.38. The van der Waals surface area contributed by atoms with Crippen LogP contribution in [-0.2, 0) is 9.59 Å². The van der Waals surface area contributed by atoms with E-state index in [1.165, 1.54) is 0 Å². The molecule has 2 amide bonds. The zero-order valence-corrected chi connectivity index (χ0v) is 7.44. The van der Waals surface area contributed by atoms with Gasteiger partial charge in [0, 0.05) is 0 Å². The Morgan fingerprint density at radius 2 is 1.21 bits per heavy atom. The van der Waals surface area contributed by atoms with Gasteiger partial charge in [-0.25, -0.2) is 0 Å². The van der Waals surface area contributed by atoms with Gasteiger partial charge >= 0.3 is 0 Å². The van der Waals surface area contributed by atoms with E-state index in [2.05, 4.69) is 10.6 Å². The maximum atomic E-state index is 11.6. The molecule has 4 heteroatoms. The molecule has 0 spiro atoms. The van der Waals surface area contributed by atoms with Crippen LogP contribution in [0, 0.1) is 11.8 Å². The molecule has 1 saturated heterocycles. The van der Waals surface area contributed by atoms with Crippen molar-refractivity contribution in [3.63, 3.8) is 0 Å². The van der Waals surface area contributed by atoms with Crippen LogP contribution >= 0.6 is 0 Å². The largest absolute Gasteiger partial charge is 0.348 e. The van der Waals surface area contributed by atoms with Crippen LogP contribution in [-0.4, -0.2) is 23.9 Å². The lowest BCUT2D eigenvalue weighted by molar-refractivity contribution is -0.131. The fourth-order valence-corrected chi connectivity index (χ4v) is 2.26. The predicted octanol–water partition coefficient (Wildman–Crippen LogP) is -0.658. The van der Waals surface area contributed by atoms with Crippen LogP contribution in [0.15, 0.2) is 24.3 Å². The maximum Gasteiger partial charge on any atom is 0.229 e. The van der Waals surface area contributed by atoms with Crippen LogP contribution in [0.2, 0.25) is 0 Å². The second-order valence-electron chi connectivity index (χ2n) is 3.89. The lowest BCUT2D eigenvalue weighted by atomic mass is 9.81. The summed E-state index contributed by atoms with van der Waals surface area (Å²) in [6.07, 6.45) is 7.63. The highest BCUT2D eigenvalue weighted by atomic mass is 16.2. The van der Waals surface area contributed by atoms with Crippen molar-refractivity contribution in [1.82, 2.24) is 10.6 Å². The van der Waals surface area contributed by atoms with Crippen molar-refractivity contribution < 1.29 is 9.59 Å². The van der Waals surface area contributed by atoms with Gasteiger partial charge in [-0.05, 0) is 0 Å². The summed E-state index contributed by atoms with van der Waals surface area (Å²) in [5, 5.41) is 5.68. The third kappa shape index (κ3) is 0.880. The Morgan fingerprint density at radius 1 is 0.786 bits per heavy atom. The average molecular weight is 190 g/mol. The first-order valence-electron chi connectivity index (χ1n) is 4.73. The Hall–Kier alpha value is -1.58. The van der Waals surface area contributed by atoms with E-state index in [1.54, 1.807) is 0 Å². The highest BCUT2D eigenvalue weighted by Crippen LogP contribution is 2.26. The SMILES string of the molecule is O=C1N[C@H]2C=C[C@H]1[C@@H]1C=C[C@@H]2C(=O)N1. The quantitative estimate of drug-likeness (QED) is 0.498. The summed E-state index contributed by atoms with van der Waals surface area (Å²) in [7, 11) is 0. The van der Waals surface area contributed by atoms with Gasteiger partial charge in [-0.15, -0.1) is 0 Å². The van der Waals surface area contributed by atoms with Gasteiger partial charge in [0.05, 0.1) is 23.9 Å². The van der Waals surface area contributed by atoms with E-state index in [0.717, 1.165) is 0 Å². The molecule has 4 nitrogen and oxygen atoms in total. The average Bonchev–Trinajstić information content (AvgIpc) is 2.13. The molecule has 1 fully saturated rings. The predicted molar refractivity (Wildman–Crippen MR) is 49.1 cm³/mol. The fraction of sp³-hybridized carbons (Fsp3) is 0.400. The van der Waals surface area contributed by atoms with Gasteiger partial charge in [-0.2, -0.15) is 0 Å². The molecule has 0 saturated carbocycles. The van der Waals surface area contributed by atoms with Crippen molar-refractivity contribution in [1.29, 1.82) is 0 Å². The number of carbonyl (C=O) groups excluding carboxylic acids is 2. The molecule has 4 atom stereocenters. The van der Waals surface area contributed by atoms with Gasteiger partial charge in [0.25, 0.3) is 0 Å². The Morgan fingerprint density at radius 3 is 1.57 bits per heavy atom. The molecular formula is C10H10N2O2. The molecule has 0 aromatic heterocycles.